The zero-order valence-corrected chi connectivity index (χ0v) is 10.7. The lowest BCUT2D eigenvalue weighted by molar-refractivity contribution is 0.793. The van der Waals surface area contributed by atoms with Gasteiger partial charge in [0.1, 0.15) is 5.82 Å². The van der Waals surface area contributed by atoms with E-state index in [1.807, 2.05) is 6.92 Å². The van der Waals surface area contributed by atoms with E-state index in [4.69, 9.17) is 0 Å². The molecule has 17 heavy (non-hydrogen) atoms. The second kappa shape index (κ2) is 4.57. The number of nitrogens with one attached hydrogen (secondary N) is 2. The fourth-order valence-electron chi connectivity index (χ4n) is 1.88. The van der Waals surface area contributed by atoms with Crippen LogP contribution < -0.4 is 5.32 Å². The average Bonchev–Trinajstić information content (AvgIpc) is 2.70. The van der Waals surface area contributed by atoms with E-state index in [-0.39, 0.29) is 6.04 Å². The Labute approximate surface area is 101 Å². The second-order valence-electron chi connectivity index (χ2n) is 4.41. The third-order valence-electron chi connectivity index (χ3n) is 2.84. The minimum Gasteiger partial charge on any atom is -0.375 e. The lowest BCUT2D eigenvalue weighted by Gasteiger charge is -2.16. The highest BCUT2D eigenvalue weighted by Gasteiger charge is 2.12. The summed E-state index contributed by atoms with van der Waals surface area (Å²) in [7, 11) is 0. The summed E-state index contributed by atoms with van der Waals surface area (Å²) in [5.41, 5.74) is 3.65. The molecule has 0 aliphatic carbocycles. The Kier molecular flexibility index (Phi) is 3.13. The van der Waals surface area contributed by atoms with Gasteiger partial charge in [0.05, 0.1) is 6.04 Å². The second-order valence-corrected chi connectivity index (χ2v) is 4.41. The Bertz CT molecular complexity index is 496. The van der Waals surface area contributed by atoms with E-state index < -0.39 is 0 Å². The first-order valence-electron chi connectivity index (χ1n) is 5.79. The van der Waals surface area contributed by atoms with Crippen LogP contribution in [0.2, 0.25) is 0 Å². The Morgan fingerprint density at radius 2 is 1.82 bits per heavy atom. The molecule has 1 heterocycles. The van der Waals surface area contributed by atoms with Gasteiger partial charge in [-0.05, 0) is 38.8 Å². The monoisotopic (exact) mass is 230 g/mol. The van der Waals surface area contributed by atoms with E-state index in [0.717, 1.165) is 11.6 Å². The molecule has 4 heteroatoms. The maximum atomic E-state index is 4.34. The molecule has 0 saturated heterocycles. The summed E-state index contributed by atoms with van der Waals surface area (Å²) in [5, 5.41) is 10.5. The Hall–Kier alpha value is -1.84. The molecule has 1 unspecified atom stereocenters. The van der Waals surface area contributed by atoms with Crippen molar-refractivity contribution in [2.24, 2.45) is 0 Å². The summed E-state index contributed by atoms with van der Waals surface area (Å²) in [6.45, 7) is 8.17. The fraction of sp³-hybridized carbons (Fsp3) is 0.385. The average molecular weight is 230 g/mol. The van der Waals surface area contributed by atoms with Crippen molar-refractivity contribution >= 4 is 5.69 Å². The smallest absolute Gasteiger partial charge is 0.172 e. The van der Waals surface area contributed by atoms with Gasteiger partial charge in [0.25, 0.3) is 0 Å². The van der Waals surface area contributed by atoms with Gasteiger partial charge in [0.15, 0.2) is 5.82 Å². The third-order valence-corrected chi connectivity index (χ3v) is 2.84. The van der Waals surface area contributed by atoms with Crippen molar-refractivity contribution in [3.8, 4) is 0 Å². The van der Waals surface area contributed by atoms with Crippen LogP contribution in [-0.4, -0.2) is 15.2 Å². The number of aryl methyl sites for hydroxylation is 3. The molecule has 2 rings (SSSR count). The van der Waals surface area contributed by atoms with Gasteiger partial charge in [0, 0.05) is 5.69 Å². The maximum absolute atomic E-state index is 4.34. The van der Waals surface area contributed by atoms with Crippen LogP contribution in [0.4, 0.5) is 5.69 Å². The molecule has 1 atom stereocenters. The molecular formula is C13H18N4. The largest absolute Gasteiger partial charge is 0.375 e. The van der Waals surface area contributed by atoms with Crippen molar-refractivity contribution < 1.29 is 0 Å². The number of hydrogen-bond donors (Lipinski definition) is 2. The zero-order chi connectivity index (χ0) is 12.4. The van der Waals surface area contributed by atoms with Crippen molar-refractivity contribution in [1.82, 2.24) is 15.2 Å². The lowest BCUT2D eigenvalue weighted by atomic mass is 10.1. The normalized spacial score (nSPS) is 12.5. The molecule has 0 saturated carbocycles. The number of aromatic amines is 1. The van der Waals surface area contributed by atoms with Gasteiger partial charge in [0.2, 0.25) is 0 Å². The predicted molar refractivity (Wildman–Crippen MR) is 69.1 cm³/mol. The van der Waals surface area contributed by atoms with Crippen molar-refractivity contribution in [2.75, 3.05) is 5.32 Å². The van der Waals surface area contributed by atoms with E-state index in [1.165, 1.54) is 16.8 Å². The zero-order valence-electron chi connectivity index (χ0n) is 10.7. The lowest BCUT2D eigenvalue weighted by Crippen LogP contribution is -2.10. The Morgan fingerprint density at radius 1 is 1.18 bits per heavy atom. The van der Waals surface area contributed by atoms with Crippen molar-refractivity contribution in [1.29, 1.82) is 0 Å². The highest BCUT2D eigenvalue weighted by Crippen LogP contribution is 2.23. The van der Waals surface area contributed by atoms with E-state index in [0.29, 0.717) is 0 Å². The number of nitrogens with zero attached hydrogens (tertiary/aromatic N) is 2. The van der Waals surface area contributed by atoms with E-state index in [1.54, 1.807) is 0 Å². The molecule has 0 fully saturated rings. The van der Waals surface area contributed by atoms with Gasteiger partial charge < -0.3 is 5.32 Å². The molecule has 0 amide bonds. The van der Waals surface area contributed by atoms with Gasteiger partial charge in [-0.25, -0.2) is 4.98 Å². The van der Waals surface area contributed by atoms with Gasteiger partial charge >= 0.3 is 0 Å². The molecule has 2 N–H and O–H groups in total. The number of rotatable bonds is 3. The molecule has 90 valence electrons. The van der Waals surface area contributed by atoms with Gasteiger partial charge in [-0.15, -0.1) is 0 Å². The van der Waals surface area contributed by atoms with Crippen LogP contribution in [0.5, 0.6) is 0 Å². The molecule has 4 nitrogen and oxygen atoms in total. The summed E-state index contributed by atoms with van der Waals surface area (Å²) >= 11 is 0. The Balaban J connectivity index is 2.21. The highest BCUT2D eigenvalue weighted by atomic mass is 15.2. The Morgan fingerprint density at radius 3 is 2.35 bits per heavy atom. The minimum absolute atomic E-state index is 0.0970. The number of benzene rings is 1. The molecule has 0 radical (unpaired) electrons. The van der Waals surface area contributed by atoms with Crippen LogP contribution in [0.15, 0.2) is 18.2 Å². The molecular weight excluding hydrogens is 212 g/mol. The minimum atomic E-state index is 0.0970. The van der Waals surface area contributed by atoms with E-state index in [9.17, 15) is 0 Å². The molecule has 0 aliphatic heterocycles. The summed E-state index contributed by atoms with van der Waals surface area (Å²) in [6.07, 6.45) is 0. The molecule has 0 spiro atoms. The molecule has 0 bridgehead atoms. The number of H-pyrrole nitrogens is 1. The SMILES string of the molecule is Cc1nc(C(C)Nc2c(C)cccc2C)n[nH]1. The first kappa shape index (κ1) is 11.6. The molecule has 1 aromatic heterocycles. The topological polar surface area (TPSA) is 53.6 Å². The molecule has 2 aromatic rings. The third kappa shape index (κ3) is 2.46. The number of anilines is 1. The maximum Gasteiger partial charge on any atom is 0.172 e. The van der Waals surface area contributed by atoms with Crippen LogP contribution in [0.3, 0.4) is 0 Å². The van der Waals surface area contributed by atoms with Crippen molar-refractivity contribution in [2.45, 2.75) is 33.7 Å². The van der Waals surface area contributed by atoms with E-state index >= 15 is 0 Å². The quantitative estimate of drug-likeness (QED) is 0.852. The van der Waals surface area contributed by atoms with Gasteiger partial charge in [-0.1, -0.05) is 18.2 Å². The number of para-hydroxylation sites is 1. The van der Waals surface area contributed by atoms with Crippen LogP contribution in [0.25, 0.3) is 0 Å². The van der Waals surface area contributed by atoms with Gasteiger partial charge in [-0.2, -0.15) is 5.10 Å². The summed E-state index contributed by atoms with van der Waals surface area (Å²) in [5.74, 6) is 1.64. The van der Waals surface area contributed by atoms with Crippen molar-refractivity contribution in [3.05, 3.63) is 41.0 Å². The first-order valence-corrected chi connectivity index (χ1v) is 5.79. The first-order chi connectivity index (χ1) is 8.08. The predicted octanol–water partition coefficient (Wildman–Crippen LogP) is 2.90. The summed E-state index contributed by atoms with van der Waals surface area (Å²) in [6, 6.07) is 6.37. The van der Waals surface area contributed by atoms with Gasteiger partial charge in [-0.3, -0.25) is 5.10 Å². The fourth-order valence-corrected chi connectivity index (χ4v) is 1.88. The standard InChI is InChI=1S/C13H18N4/c1-8-6-5-7-9(2)12(8)14-10(3)13-15-11(4)16-17-13/h5-7,10,14H,1-4H3,(H,15,16,17). The van der Waals surface area contributed by atoms with Crippen molar-refractivity contribution in [3.63, 3.8) is 0 Å². The van der Waals surface area contributed by atoms with Crippen LogP contribution in [-0.2, 0) is 0 Å². The summed E-state index contributed by atoms with van der Waals surface area (Å²) < 4.78 is 0. The summed E-state index contributed by atoms with van der Waals surface area (Å²) in [4.78, 5) is 4.34. The van der Waals surface area contributed by atoms with E-state index in [2.05, 4.69) is 59.5 Å². The van der Waals surface area contributed by atoms with Crippen LogP contribution >= 0.6 is 0 Å². The van der Waals surface area contributed by atoms with Crippen LogP contribution in [0.1, 0.15) is 35.7 Å². The molecule has 0 aliphatic rings. The highest BCUT2D eigenvalue weighted by molar-refractivity contribution is 5.57. The number of hydrogen-bond acceptors (Lipinski definition) is 3. The van der Waals surface area contributed by atoms with Crippen LogP contribution in [0, 0.1) is 20.8 Å². The number of aromatic nitrogens is 3. The molecule has 1 aromatic carbocycles.